The van der Waals surface area contributed by atoms with E-state index in [9.17, 15) is 4.79 Å². The van der Waals surface area contributed by atoms with E-state index in [1.54, 1.807) is 24.3 Å². The lowest BCUT2D eigenvalue weighted by atomic mass is 9.93. The van der Waals surface area contributed by atoms with E-state index in [0.29, 0.717) is 22.8 Å². The Morgan fingerprint density at radius 2 is 1.62 bits per heavy atom. The highest BCUT2D eigenvalue weighted by Gasteiger charge is 2.39. The van der Waals surface area contributed by atoms with Crippen molar-refractivity contribution >= 4 is 23.3 Å². The van der Waals surface area contributed by atoms with Crippen LogP contribution in [0.4, 0.5) is 10.5 Å². The molecule has 0 saturated heterocycles. The first kappa shape index (κ1) is 25.2. The second-order valence-corrected chi connectivity index (χ2v) is 8.10. The van der Waals surface area contributed by atoms with Crippen LogP contribution in [0.5, 0.6) is 0 Å². The maximum atomic E-state index is 12.8. The number of urea groups is 1. The predicted molar refractivity (Wildman–Crippen MR) is 138 cm³/mol. The molecule has 3 rings (SSSR count). The number of carbonyl (C=O) groups excluding carboxylic acids is 1. The fourth-order valence-corrected chi connectivity index (χ4v) is 3.65. The highest BCUT2D eigenvalue weighted by molar-refractivity contribution is 6.30. The lowest BCUT2D eigenvalue weighted by Crippen LogP contribution is -2.37. The van der Waals surface area contributed by atoms with Gasteiger partial charge in [0.2, 0.25) is 5.79 Å². The highest BCUT2D eigenvalue weighted by atomic mass is 35.5. The van der Waals surface area contributed by atoms with Gasteiger partial charge in [-0.25, -0.2) is 4.79 Å². The minimum absolute atomic E-state index is 0.216. The molecule has 5 nitrogen and oxygen atoms in total. The van der Waals surface area contributed by atoms with Crippen molar-refractivity contribution in [3.05, 3.63) is 125 Å². The van der Waals surface area contributed by atoms with Crippen molar-refractivity contribution in [2.24, 2.45) is 0 Å². The molecule has 176 valence electrons. The predicted octanol–water partition coefficient (Wildman–Crippen LogP) is 6.58. The molecule has 0 bridgehead atoms. The summed E-state index contributed by atoms with van der Waals surface area (Å²) >= 11 is 6.15. The van der Waals surface area contributed by atoms with Gasteiger partial charge in [-0.05, 0) is 36.8 Å². The van der Waals surface area contributed by atoms with Gasteiger partial charge in [-0.1, -0.05) is 77.8 Å². The first-order chi connectivity index (χ1) is 16.5. The van der Waals surface area contributed by atoms with Gasteiger partial charge >= 0.3 is 6.03 Å². The van der Waals surface area contributed by atoms with Crippen LogP contribution in [-0.4, -0.2) is 19.2 Å². The number of benzene rings is 3. The first-order valence-corrected chi connectivity index (χ1v) is 11.3. The Kier molecular flexibility index (Phi) is 9.05. The third-order valence-corrected chi connectivity index (χ3v) is 5.36. The van der Waals surface area contributed by atoms with Gasteiger partial charge in [0.25, 0.3) is 0 Å². The molecule has 0 heterocycles. The number of aryl methyl sites for hydroxylation is 1. The molecule has 34 heavy (non-hydrogen) atoms. The number of amides is 2. The quantitative estimate of drug-likeness (QED) is 0.243. The normalized spacial score (nSPS) is 11.0. The van der Waals surface area contributed by atoms with Crippen LogP contribution in [-0.2, 0) is 21.8 Å². The second kappa shape index (κ2) is 12.2. The van der Waals surface area contributed by atoms with E-state index in [-0.39, 0.29) is 19.2 Å². The number of nitrogens with one attached hydrogen (secondary N) is 2. The van der Waals surface area contributed by atoms with Crippen molar-refractivity contribution in [1.29, 1.82) is 0 Å². The highest BCUT2D eigenvalue weighted by Crippen LogP contribution is 2.40. The Labute approximate surface area is 206 Å². The minimum Gasteiger partial charge on any atom is -0.338 e. The summed E-state index contributed by atoms with van der Waals surface area (Å²) in [6.45, 7) is 10.4. The molecule has 0 atom stereocenters. The fourth-order valence-electron chi connectivity index (χ4n) is 3.53. The van der Waals surface area contributed by atoms with Crippen molar-refractivity contribution in [2.45, 2.75) is 19.3 Å². The molecule has 3 aromatic rings. The largest absolute Gasteiger partial charge is 0.338 e. The smallest absolute Gasteiger partial charge is 0.319 e. The Morgan fingerprint density at radius 1 is 0.971 bits per heavy atom. The monoisotopic (exact) mass is 476 g/mol. The van der Waals surface area contributed by atoms with E-state index in [2.05, 4.69) is 23.8 Å². The Morgan fingerprint density at radius 3 is 2.24 bits per heavy atom. The number of ether oxygens (including phenoxy) is 2. The topological polar surface area (TPSA) is 59.6 Å². The molecule has 0 saturated carbocycles. The SMILES string of the molecule is C=CCOC(OCC=C)(c1ccc(Cl)cc1)c1cc(C)ccc1NC(=O)NCc1ccccc1. The summed E-state index contributed by atoms with van der Waals surface area (Å²) in [5, 5.41) is 6.44. The first-order valence-electron chi connectivity index (χ1n) is 10.9. The van der Waals surface area contributed by atoms with Crippen molar-refractivity contribution in [2.75, 3.05) is 18.5 Å². The van der Waals surface area contributed by atoms with Crippen molar-refractivity contribution in [3.8, 4) is 0 Å². The molecule has 0 spiro atoms. The minimum atomic E-state index is -1.33. The number of hydrogen-bond donors (Lipinski definition) is 2. The molecule has 0 fully saturated rings. The number of anilines is 1. The molecule has 0 aliphatic heterocycles. The summed E-state index contributed by atoms with van der Waals surface area (Å²) < 4.78 is 12.6. The third kappa shape index (κ3) is 6.35. The second-order valence-electron chi connectivity index (χ2n) is 7.67. The number of rotatable bonds is 11. The number of hydrogen-bond acceptors (Lipinski definition) is 3. The van der Waals surface area contributed by atoms with Crippen LogP contribution in [0.2, 0.25) is 5.02 Å². The van der Waals surface area contributed by atoms with E-state index >= 15 is 0 Å². The molecule has 3 aromatic carbocycles. The van der Waals surface area contributed by atoms with Gasteiger partial charge in [-0.3, -0.25) is 0 Å². The van der Waals surface area contributed by atoms with Crippen LogP contribution in [0.15, 0.2) is 98.1 Å². The average Bonchev–Trinajstić information content (AvgIpc) is 2.85. The number of halogens is 1. The molecule has 0 aliphatic carbocycles. The summed E-state index contributed by atoms with van der Waals surface area (Å²) in [5.41, 5.74) is 3.90. The summed E-state index contributed by atoms with van der Waals surface area (Å²) in [6, 6.07) is 22.3. The van der Waals surface area contributed by atoms with Gasteiger partial charge < -0.3 is 20.1 Å². The van der Waals surface area contributed by atoms with Gasteiger partial charge in [0.15, 0.2) is 0 Å². The van der Waals surface area contributed by atoms with Crippen molar-refractivity contribution < 1.29 is 14.3 Å². The summed E-state index contributed by atoms with van der Waals surface area (Å²) in [5.74, 6) is -1.33. The van der Waals surface area contributed by atoms with Gasteiger partial charge in [-0.2, -0.15) is 0 Å². The van der Waals surface area contributed by atoms with Crippen molar-refractivity contribution in [1.82, 2.24) is 5.32 Å². The van der Waals surface area contributed by atoms with E-state index in [1.807, 2.05) is 67.6 Å². The summed E-state index contributed by atoms with van der Waals surface area (Å²) in [7, 11) is 0. The standard InChI is InChI=1S/C28H29ClN2O3/c1-4-17-33-28(34-18-5-2,23-12-14-24(29)15-13-23)25-19-21(3)11-16-26(25)31-27(32)30-20-22-9-7-6-8-10-22/h4-16,19H,1-2,17-18,20H2,3H3,(H2,30,31,32). The van der Waals surface area contributed by atoms with Crippen LogP contribution in [0, 0.1) is 6.92 Å². The zero-order valence-electron chi connectivity index (χ0n) is 19.2. The molecule has 2 amide bonds. The Hall–Kier alpha value is -3.38. The van der Waals surface area contributed by atoms with Gasteiger partial charge in [0.05, 0.1) is 18.9 Å². The summed E-state index contributed by atoms with van der Waals surface area (Å²) in [4.78, 5) is 12.8. The average molecular weight is 477 g/mol. The van der Waals surface area contributed by atoms with E-state index in [1.165, 1.54) is 0 Å². The van der Waals surface area contributed by atoms with Crippen LogP contribution in [0.3, 0.4) is 0 Å². The lowest BCUT2D eigenvalue weighted by Gasteiger charge is -2.36. The molecular formula is C28H29ClN2O3. The third-order valence-electron chi connectivity index (χ3n) is 5.11. The van der Waals surface area contributed by atoms with Gasteiger partial charge in [0, 0.05) is 22.7 Å². The maximum absolute atomic E-state index is 12.8. The van der Waals surface area contributed by atoms with E-state index in [4.69, 9.17) is 21.1 Å². The van der Waals surface area contributed by atoms with Crippen LogP contribution in [0.25, 0.3) is 0 Å². The van der Waals surface area contributed by atoms with Crippen LogP contribution >= 0.6 is 11.6 Å². The Bertz CT molecular complexity index is 1100. The molecule has 0 unspecified atom stereocenters. The fraction of sp³-hybridized carbons (Fsp3) is 0.179. The number of carbonyl (C=O) groups is 1. The summed E-state index contributed by atoms with van der Waals surface area (Å²) in [6.07, 6.45) is 3.30. The van der Waals surface area contributed by atoms with E-state index < -0.39 is 5.79 Å². The Balaban J connectivity index is 2.01. The molecule has 0 radical (unpaired) electrons. The van der Waals surface area contributed by atoms with Gasteiger partial charge in [-0.15, -0.1) is 13.2 Å². The maximum Gasteiger partial charge on any atom is 0.319 e. The van der Waals surface area contributed by atoms with Crippen molar-refractivity contribution in [3.63, 3.8) is 0 Å². The molecule has 6 heteroatoms. The van der Waals surface area contributed by atoms with Gasteiger partial charge in [0.1, 0.15) is 0 Å². The lowest BCUT2D eigenvalue weighted by molar-refractivity contribution is -0.204. The molecule has 0 aromatic heterocycles. The van der Waals surface area contributed by atoms with Crippen LogP contribution in [0.1, 0.15) is 22.3 Å². The molecule has 0 aliphatic rings. The zero-order valence-corrected chi connectivity index (χ0v) is 20.0. The van der Waals surface area contributed by atoms with Crippen LogP contribution < -0.4 is 10.6 Å². The molecule has 2 N–H and O–H groups in total. The zero-order chi connectivity index (χ0) is 24.4. The van der Waals surface area contributed by atoms with E-state index in [0.717, 1.165) is 16.7 Å². The molecular weight excluding hydrogens is 448 g/mol.